The summed E-state index contributed by atoms with van der Waals surface area (Å²) < 4.78 is 54.6. The third-order valence-electron chi connectivity index (χ3n) is 5.31. The van der Waals surface area contributed by atoms with Gasteiger partial charge in [0.1, 0.15) is 11.4 Å². The molecule has 1 heterocycles. The van der Waals surface area contributed by atoms with E-state index in [0.717, 1.165) is 23.3 Å². The monoisotopic (exact) mass is 526 g/mol. The molecule has 3 aromatic carbocycles. The Kier molecular flexibility index (Phi) is 6.42. The fourth-order valence-electron chi connectivity index (χ4n) is 3.72. The lowest BCUT2D eigenvalue weighted by molar-refractivity contribution is 0.0994. The van der Waals surface area contributed by atoms with E-state index in [4.69, 9.17) is 11.0 Å². The third-order valence-corrected chi connectivity index (χ3v) is 7.42. The number of hydrogen-bond acceptors (Lipinski definition) is 9. The zero-order valence-electron chi connectivity index (χ0n) is 18.5. The van der Waals surface area contributed by atoms with Gasteiger partial charge in [-0.2, -0.15) is 9.55 Å². The SMILES string of the molecule is CN(O[SH](=O)=O)c1ccc2cc(C(N)=O)n(-c3cccc(S(=O)(=O)c4cc(O)cc(C#N)c4)c3)c2c1. The number of rotatable bonds is 7. The van der Waals surface area contributed by atoms with Gasteiger partial charge in [-0.15, -0.1) is 0 Å². The van der Waals surface area contributed by atoms with Gasteiger partial charge in [0.05, 0.1) is 32.6 Å². The van der Waals surface area contributed by atoms with Crippen molar-refractivity contribution in [1.82, 2.24) is 4.57 Å². The molecule has 4 rings (SSSR count). The molecule has 13 heteroatoms. The number of anilines is 1. The lowest BCUT2D eigenvalue weighted by atomic mass is 10.2. The van der Waals surface area contributed by atoms with Crippen molar-refractivity contribution in [2.75, 3.05) is 12.1 Å². The average molecular weight is 527 g/mol. The first kappa shape index (κ1) is 24.7. The number of aromatic nitrogens is 1. The number of nitrogens with zero attached hydrogens (tertiary/aromatic N) is 3. The molecule has 36 heavy (non-hydrogen) atoms. The minimum atomic E-state index is -4.17. The van der Waals surface area contributed by atoms with Gasteiger partial charge in [0.25, 0.3) is 16.9 Å². The summed E-state index contributed by atoms with van der Waals surface area (Å²) in [5.41, 5.74) is 6.65. The summed E-state index contributed by atoms with van der Waals surface area (Å²) >= 11 is 0. The number of primary amides is 1. The van der Waals surface area contributed by atoms with Gasteiger partial charge in [-0.3, -0.25) is 4.79 Å². The number of sulfone groups is 1. The number of hydroxylamine groups is 1. The van der Waals surface area contributed by atoms with Crippen LogP contribution in [0.5, 0.6) is 5.75 Å². The number of phenols is 1. The lowest BCUT2D eigenvalue weighted by Crippen LogP contribution is -2.17. The molecule has 1 aromatic heterocycles. The van der Waals surface area contributed by atoms with Crippen LogP contribution in [0, 0.1) is 11.3 Å². The summed E-state index contributed by atoms with van der Waals surface area (Å²) in [6, 6.07) is 17.1. The highest BCUT2D eigenvalue weighted by atomic mass is 32.2. The van der Waals surface area contributed by atoms with Gasteiger partial charge in [0.2, 0.25) is 9.84 Å². The quantitative estimate of drug-likeness (QED) is 0.240. The Morgan fingerprint density at radius 2 is 1.83 bits per heavy atom. The molecule has 0 fully saturated rings. The molecular weight excluding hydrogens is 508 g/mol. The van der Waals surface area contributed by atoms with Crippen LogP contribution in [0.15, 0.2) is 76.5 Å². The van der Waals surface area contributed by atoms with Crippen molar-refractivity contribution in [3.05, 3.63) is 78.0 Å². The smallest absolute Gasteiger partial charge is 0.277 e. The molecule has 0 aliphatic heterocycles. The molecular formula is C23H18N4O7S2. The van der Waals surface area contributed by atoms with Gasteiger partial charge in [-0.25, -0.2) is 21.9 Å². The largest absolute Gasteiger partial charge is 0.508 e. The van der Waals surface area contributed by atoms with Crippen LogP contribution in [0.4, 0.5) is 5.69 Å². The molecule has 0 radical (unpaired) electrons. The molecule has 184 valence electrons. The van der Waals surface area contributed by atoms with Gasteiger partial charge in [-0.05, 0) is 54.6 Å². The van der Waals surface area contributed by atoms with Gasteiger partial charge in [-0.1, -0.05) is 12.1 Å². The van der Waals surface area contributed by atoms with Crippen LogP contribution in [0.2, 0.25) is 0 Å². The van der Waals surface area contributed by atoms with Gasteiger partial charge in [0, 0.05) is 18.1 Å². The van der Waals surface area contributed by atoms with Gasteiger partial charge < -0.3 is 15.4 Å². The summed E-state index contributed by atoms with van der Waals surface area (Å²) in [7, 11) is -5.95. The predicted octanol–water partition coefficient (Wildman–Crippen LogP) is 2.03. The number of hydrogen-bond donors (Lipinski definition) is 3. The fourth-order valence-corrected chi connectivity index (χ4v) is 5.38. The number of amides is 1. The van der Waals surface area contributed by atoms with Crippen molar-refractivity contribution in [3.63, 3.8) is 0 Å². The highest BCUT2D eigenvalue weighted by Crippen LogP contribution is 2.31. The Bertz CT molecular complexity index is 1740. The molecule has 0 spiro atoms. The standard InChI is InChI=1S/C23H18N4O7S2/c1-26(34-35(30)31)16-6-5-15-9-22(23(25)29)27(21(15)11-16)17-3-2-4-19(10-17)36(32,33)20-8-14(13-24)7-18(28)12-20/h2-12,28,35H,1H3,(H2,25,29). The maximum absolute atomic E-state index is 13.3. The normalized spacial score (nSPS) is 11.5. The Morgan fingerprint density at radius 1 is 1.08 bits per heavy atom. The Balaban J connectivity index is 1.91. The molecule has 0 aliphatic rings. The first-order valence-corrected chi connectivity index (χ1v) is 12.7. The zero-order chi connectivity index (χ0) is 26.2. The van der Waals surface area contributed by atoms with E-state index in [1.807, 2.05) is 0 Å². The third kappa shape index (κ3) is 4.60. The molecule has 0 atom stereocenters. The molecule has 3 N–H and O–H groups in total. The summed E-state index contributed by atoms with van der Waals surface area (Å²) in [5, 5.41) is 20.6. The van der Waals surface area contributed by atoms with Crippen molar-refractivity contribution in [2.24, 2.45) is 5.73 Å². The van der Waals surface area contributed by atoms with E-state index in [9.17, 15) is 26.7 Å². The van der Waals surface area contributed by atoms with Crippen LogP contribution in [0.1, 0.15) is 16.1 Å². The van der Waals surface area contributed by atoms with E-state index in [1.54, 1.807) is 30.3 Å². The number of thiol groups is 1. The van der Waals surface area contributed by atoms with Crippen molar-refractivity contribution in [2.45, 2.75) is 9.79 Å². The minimum Gasteiger partial charge on any atom is -0.508 e. The molecule has 0 aliphatic carbocycles. The molecule has 4 aromatic rings. The summed E-state index contributed by atoms with van der Waals surface area (Å²) in [4.78, 5) is 11.8. The summed E-state index contributed by atoms with van der Waals surface area (Å²) in [6.07, 6.45) is 0. The number of fused-ring (bicyclic) bond motifs is 1. The van der Waals surface area contributed by atoms with E-state index in [1.165, 1.54) is 35.9 Å². The average Bonchev–Trinajstić information content (AvgIpc) is 3.22. The first-order chi connectivity index (χ1) is 17.0. The Labute approximate surface area is 207 Å². The molecule has 0 saturated heterocycles. The summed E-state index contributed by atoms with van der Waals surface area (Å²) in [5.74, 6) is -1.16. The van der Waals surface area contributed by atoms with Crippen molar-refractivity contribution in [3.8, 4) is 17.5 Å². The van der Waals surface area contributed by atoms with Crippen LogP contribution in [0.3, 0.4) is 0 Å². The number of carbonyl (C=O) groups is 1. The van der Waals surface area contributed by atoms with E-state index in [-0.39, 0.29) is 32.5 Å². The number of phenolic OH excluding ortho intramolecular Hbond substituents is 1. The van der Waals surface area contributed by atoms with Crippen molar-refractivity contribution in [1.29, 1.82) is 5.26 Å². The lowest BCUT2D eigenvalue weighted by Gasteiger charge is -2.16. The topological polar surface area (TPSA) is 173 Å². The van der Waals surface area contributed by atoms with Crippen LogP contribution in [-0.2, 0) is 25.1 Å². The maximum Gasteiger partial charge on any atom is 0.277 e. The highest BCUT2D eigenvalue weighted by Gasteiger charge is 2.22. The second-order valence-corrected chi connectivity index (χ2v) is 10.2. The number of aromatic hydroxyl groups is 1. The van der Waals surface area contributed by atoms with E-state index < -0.39 is 26.7 Å². The summed E-state index contributed by atoms with van der Waals surface area (Å²) in [6.45, 7) is 0. The van der Waals surface area contributed by atoms with Crippen LogP contribution < -0.4 is 10.8 Å². The van der Waals surface area contributed by atoms with E-state index in [2.05, 4.69) is 4.28 Å². The molecule has 0 unspecified atom stereocenters. The second kappa shape index (κ2) is 9.34. The number of nitrogens with two attached hydrogens (primary N) is 1. The van der Waals surface area contributed by atoms with Crippen molar-refractivity contribution >= 4 is 43.3 Å². The molecule has 0 bridgehead atoms. The van der Waals surface area contributed by atoms with Gasteiger partial charge in [0.15, 0.2) is 0 Å². The number of benzene rings is 3. The fraction of sp³-hybridized carbons (Fsp3) is 0.0435. The van der Waals surface area contributed by atoms with Crippen LogP contribution in [0.25, 0.3) is 16.6 Å². The molecule has 11 nitrogen and oxygen atoms in total. The highest BCUT2D eigenvalue weighted by molar-refractivity contribution is 7.91. The number of carbonyl (C=O) groups excluding carboxylic acids is 1. The number of nitriles is 1. The molecule has 0 saturated carbocycles. The maximum atomic E-state index is 13.3. The van der Waals surface area contributed by atoms with E-state index in [0.29, 0.717) is 16.6 Å². The van der Waals surface area contributed by atoms with Crippen LogP contribution >= 0.6 is 0 Å². The Morgan fingerprint density at radius 3 is 2.50 bits per heavy atom. The first-order valence-electron chi connectivity index (χ1n) is 10.1. The van der Waals surface area contributed by atoms with Crippen LogP contribution in [-0.4, -0.2) is 39.5 Å². The Hall–Kier alpha value is -4.38. The van der Waals surface area contributed by atoms with Crippen molar-refractivity contribution < 1.29 is 31.0 Å². The molecule has 1 amide bonds. The van der Waals surface area contributed by atoms with Gasteiger partial charge >= 0.3 is 0 Å². The second-order valence-electron chi connectivity index (χ2n) is 7.60. The zero-order valence-corrected chi connectivity index (χ0v) is 20.2. The van der Waals surface area contributed by atoms with E-state index >= 15 is 0 Å². The predicted molar refractivity (Wildman–Crippen MR) is 130 cm³/mol. The minimum absolute atomic E-state index is 0.0316.